The zero-order valence-electron chi connectivity index (χ0n) is 10.3. The molecule has 0 aliphatic carbocycles. The van der Waals surface area contributed by atoms with Crippen molar-refractivity contribution in [2.24, 2.45) is 0 Å². The summed E-state index contributed by atoms with van der Waals surface area (Å²) < 4.78 is 13.1. The minimum Gasteiger partial charge on any atom is -0.508 e. The average molecular weight is 260 g/mol. The number of benzene rings is 2. The molecule has 0 aliphatic rings. The number of hydrogen-bond acceptors (Lipinski definition) is 3. The lowest BCUT2D eigenvalue weighted by Gasteiger charge is -2.09. The second kappa shape index (κ2) is 4.97. The van der Waals surface area contributed by atoms with Gasteiger partial charge in [0, 0.05) is 11.6 Å². The van der Waals surface area contributed by atoms with Crippen molar-refractivity contribution in [1.29, 1.82) is 0 Å². The molecule has 98 valence electrons. The molecule has 0 aromatic heterocycles. The number of nitrogens with two attached hydrogens (primary N) is 1. The zero-order valence-corrected chi connectivity index (χ0v) is 10.3. The van der Waals surface area contributed by atoms with Crippen LogP contribution in [0, 0.1) is 12.7 Å². The topological polar surface area (TPSA) is 75.3 Å². The first-order chi connectivity index (χ1) is 8.97. The van der Waals surface area contributed by atoms with Gasteiger partial charge in [-0.3, -0.25) is 4.79 Å². The van der Waals surface area contributed by atoms with Gasteiger partial charge in [0.1, 0.15) is 11.6 Å². The van der Waals surface area contributed by atoms with Crippen molar-refractivity contribution in [3.8, 4) is 5.75 Å². The van der Waals surface area contributed by atoms with Crippen molar-refractivity contribution >= 4 is 17.3 Å². The monoisotopic (exact) mass is 260 g/mol. The van der Waals surface area contributed by atoms with Crippen LogP contribution in [0.2, 0.25) is 0 Å². The maximum absolute atomic E-state index is 13.1. The number of anilines is 2. The molecule has 0 aliphatic heterocycles. The van der Waals surface area contributed by atoms with Gasteiger partial charge in [0.2, 0.25) is 0 Å². The number of phenolic OH excluding ortho intramolecular Hbond substituents is 1. The van der Waals surface area contributed by atoms with Crippen molar-refractivity contribution in [1.82, 2.24) is 0 Å². The number of halogens is 1. The van der Waals surface area contributed by atoms with E-state index in [1.807, 2.05) is 0 Å². The lowest BCUT2D eigenvalue weighted by Crippen LogP contribution is -2.13. The summed E-state index contributed by atoms with van der Waals surface area (Å²) in [6, 6.07) is 8.35. The summed E-state index contributed by atoms with van der Waals surface area (Å²) in [5.41, 5.74) is 7.05. The van der Waals surface area contributed by atoms with Crippen molar-refractivity contribution in [3.63, 3.8) is 0 Å². The van der Waals surface area contributed by atoms with Crippen LogP contribution in [0.3, 0.4) is 0 Å². The highest BCUT2D eigenvalue weighted by atomic mass is 19.1. The maximum Gasteiger partial charge on any atom is 0.255 e. The van der Waals surface area contributed by atoms with Gasteiger partial charge in [-0.05, 0) is 42.8 Å². The van der Waals surface area contributed by atoms with E-state index in [9.17, 15) is 14.3 Å². The Kier molecular flexibility index (Phi) is 3.37. The molecule has 0 bridgehead atoms. The normalized spacial score (nSPS) is 10.2. The molecule has 4 nitrogen and oxygen atoms in total. The van der Waals surface area contributed by atoms with E-state index in [0.717, 1.165) is 0 Å². The summed E-state index contributed by atoms with van der Waals surface area (Å²) in [5, 5.41) is 11.8. The SMILES string of the molecule is Cc1cc(C(=O)Nc2ccc(O)cc2N)ccc1F. The van der Waals surface area contributed by atoms with Gasteiger partial charge < -0.3 is 16.2 Å². The number of nitrogen functional groups attached to an aromatic ring is 1. The van der Waals surface area contributed by atoms with Gasteiger partial charge in [-0.1, -0.05) is 0 Å². The molecule has 0 radical (unpaired) electrons. The molecule has 0 fully saturated rings. The van der Waals surface area contributed by atoms with Crippen LogP contribution in [0.15, 0.2) is 36.4 Å². The summed E-state index contributed by atoms with van der Waals surface area (Å²) in [4.78, 5) is 12.0. The fourth-order valence-electron chi connectivity index (χ4n) is 1.64. The van der Waals surface area contributed by atoms with Gasteiger partial charge in [0.05, 0.1) is 11.4 Å². The van der Waals surface area contributed by atoms with Crippen LogP contribution in [0.1, 0.15) is 15.9 Å². The van der Waals surface area contributed by atoms with Crippen LogP contribution < -0.4 is 11.1 Å². The number of hydrogen-bond donors (Lipinski definition) is 3. The highest BCUT2D eigenvalue weighted by Gasteiger charge is 2.10. The fourth-order valence-corrected chi connectivity index (χ4v) is 1.64. The molecule has 0 saturated carbocycles. The van der Waals surface area contributed by atoms with E-state index in [1.54, 1.807) is 6.92 Å². The minimum absolute atomic E-state index is 0.0214. The van der Waals surface area contributed by atoms with Crippen molar-refractivity contribution < 1.29 is 14.3 Å². The molecule has 2 rings (SSSR count). The summed E-state index contributed by atoms with van der Waals surface area (Å²) >= 11 is 0. The van der Waals surface area contributed by atoms with Gasteiger partial charge >= 0.3 is 0 Å². The molecule has 2 aromatic carbocycles. The third-order valence-electron chi connectivity index (χ3n) is 2.70. The zero-order chi connectivity index (χ0) is 14.0. The van der Waals surface area contributed by atoms with Crippen molar-refractivity contribution in [2.45, 2.75) is 6.92 Å². The molecule has 19 heavy (non-hydrogen) atoms. The molecule has 5 heteroatoms. The van der Waals surface area contributed by atoms with Crippen LogP contribution in [-0.2, 0) is 0 Å². The van der Waals surface area contributed by atoms with E-state index in [0.29, 0.717) is 16.8 Å². The second-order valence-electron chi connectivity index (χ2n) is 4.19. The number of carbonyl (C=O) groups is 1. The lowest BCUT2D eigenvalue weighted by molar-refractivity contribution is 0.102. The molecule has 1 amide bonds. The molecule has 0 heterocycles. The molecule has 2 aromatic rings. The van der Waals surface area contributed by atoms with Crippen LogP contribution in [-0.4, -0.2) is 11.0 Å². The number of nitrogens with one attached hydrogen (secondary N) is 1. The Bertz CT molecular complexity index is 641. The number of carbonyl (C=O) groups excluding carboxylic acids is 1. The van der Waals surface area contributed by atoms with E-state index in [-0.39, 0.29) is 23.2 Å². The first kappa shape index (κ1) is 12.9. The van der Waals surface area contributed by atoms with E-state index in [4.69, 9.17) is 5.73 Å². The van der Waals surface area contributed by atoms with Gasteiger partial charge in [0.25, 0.3) is 5.91 Å². The highest BCUT2D eigenvalue weighted by Crippen LogP contribution is 2.24. The van der Waals surface area contributed by atoms with E-state index < -0.39 is 0 Å². The predicted octanol–water partition coefficient (Wildman–Crippen LogP) is 2.67. The fraction of sp³-hybridized carbons (Fsp3) is 0.0714. The van der Waals surface area contributed by atoms with Crippen molar-refractivity contribution in [2.75, 3.05) is 11.1 Å². The first-order valence-electron chi connectivity index (χ1n) is 5.63. The quantitative estimate of drug-likeness (QED) is 0.574. The Morgan fingerprint density at radius 2 is 2.00 bits per heavy atom. The predicted molar refractivity (Wildman–Crippen MR) is 71.6 cm³/mol. The van der Waals surface area contributed by atoms with Crippen LogP contribution in [0.4, 0.5) is 15.8 Å². The Morgan fingerprint density at radius 1 is 1.26 bits per heavy atom. The Morgan fingerprint density at radius 3 is 2.63 bits per heavy atom. The molecule has 0 unspecified atom stereocenters. The smallest absolute Gasteiger partial charge is 0.255 e. The van der Waals surface area contributed by atoms with Gasteiger partial charge in [-0.15, -0.1) is 0 Å². The standard InChI is InChI=1S/C14H13FN2O2/c1-8-6-9(2-4-11(8)15)14(19)17-13-5-3-10(18)7-12(13)16/h2-7,18H,16H2,1H3,(H,17,19). The second-order valence-corrected chi connectivity index (χ2v) is 4.19. The molecule has 4 N–H and O–H groups in total. The molecule has 0 spiro atoms. The Hall–Kier alpha value is -2.56. The number of aryl methyl sites for hydroxylation is 1. The van der Waals surface area contributed by atoms with Crippen LogP contribution in [0.5, 0.6) is 5.75 Å². The maximum atomic E-state index is 13.1. The minimum atomic E-state index is -0.388. The summed E-state index contributed by atoms with van der Waals surface area (Å²) in [6.45, 7) is 1.58. The van der Waals surface area contributed by atoms with Crippen LogP contribution in [0.25, 0.3) is 0 Å². The summed E-state index contributed by atoms with van der Waals surface area (Å²) in [5.74, 6) is -0.727. The number of rotatable bonds is 2. The Balaban J connectivity index is 2.23. The van der Waals surface area contributed by atoms with Gasteiger partial charge in [-0.25, -0.2) is 4.39 Å². The lowest BCUT2D eigenvalue weighted by atomic mass is 10.1. The molecular weight excluding hydrogens is 247 g/mol. The van der Waals surface area contributed by atoms with Crippen LogP contribution >= 0.6 is 0 Å². The largest absolute Gasteiger partial charge is 0.508 e. The van der Waals surface area contributed by atoms with E-state index in [1.165, 1.54) is 36.4 Å². The summed E-state index contributed by atoms with van der Waals surface area (Å²) in [6.07, 6.45) is 0. The average Bonchev–Trinajstić information content (AvgIpc) is 2.36. The molecule has 0 saturated heterocycles. The Labute approximate surface area is 109 Å². The number of phenols is 1. The van der Waals surface area contributed by atoms with Crippen molar-refractivity contribution in [3.05, 3.63) is 53.3 Å². The number of amides is 1. The van der Waals surface area contributed by atoms with Gasteiger partial charge in [-0.2, -0.15) is 0 Å². The summed E-state index contributed by atoms with van der Waals surface area (Å²) in [7, 11) is 0. The van der Waals surface area contributed by atoms with E-state index in [2.05, 4.69) is 5.32 Å². The third kappa shape index (κ3) is 2.82. The third-order valence-corrected chi connectivity index (χ3v) is 2.70. The highest BCUT2D eigenvalue weighted by molar-refractivity contribution is 6.05. The number of aromatic hydroxyl groups is 1. The first-order valence-corrected chi connectivity index (χ1v) is 5.63. The molecular formula is C14H13FN2O2. The van der Waals surface area contributed by atoms with Gasteiger partial charge in [0.15, 0.2) is 0 Å². The van der Waals surface area contributed by atoms with E-state index >= 15 is 0 Å². The molecule has 0 atom stereocenters.